The van der Waals surface area contributed by atoms with E-state index in [1.165, 1.54) is 57.8 Å². The zero-order valence-corrected chi connectivity index (χ0v) is 15.3. The van der Waals surface area contributed by atoms with Gasteiger partial charge in [0.2, 0.25) is 5.91 Å². The van der Waals surface area contributed by atoms with Gasteiger partial charge >= 0.3 is 0 Å². The van der Waals surface area contributed by atoms with E-state index in [9.17, 15) is 4.79 Å². The van der Waals surface area contributed by atoms with Crippen LogP contribution in [0.5, 0.6) is 0 Å². The van der Waals surface area contributed by atoms with Gasteiger partial charge in [-0.05, 0) is 37.6 Å². The Hall–Kier alpha value is -0.320. The average Bonchev–Trinajstić information content (AvgIpc) is 2.81. The van der Waals surface area contributed by atoms with Gasteiger partial charge in [0.1, 0.15) is 0 Å². The van der Waals surface area contributed by atoms with E-state index in [-0.39, 0.29) is 23.7 Å². The van der Waals surface area contributed by atoms with E-state index in [0.29, 0.717) is 32.2 Å². The van der Waals surface area contributed by atoms with E-state index in [4.69, 9.17) is 10.5 Å². The normalized spacial score (nSPS) is 22.0. The maximum Gasteiger partial charge on any atom is 0.220 e. The van der Waals surface area contributed by atoms with Crippen molar-refractivity contribution in [3.63, 3.8) is 0 Å². The highest BCUT2D eigenvalue weighted by atomic mass is 35.5. The van der Waals surface area contributed by atoms with Crippen molar-refractivity contribution in [2.75, 3.05) is 19.7 Å². The second kappa shape index (κ2) is 11.3. The number of rotatable bonds is 7. The van der Waals surface area contributed by atoms with Crippen molar-refractivity contribution in [3.05, 3.63) is 0 Å². The molecule has 0 unspecified atom stereocenters. The number of nitrogens with two attached hydrogens (primary N) is 1. The van der Waals surface area contributed by atoms with Crippen LogP contribution < -0.4 is 11.1 Å². The number of hydrogen-bond donors (Lipinski definition) is 2. The Balaban J connectivity index is 0.00000264. The fraction of sp³-hybridized carbons (Fsp3) is 0.944. The number of halogens is 1. The molecule has 0 aromatic carbocycles. The summed E-state index contributed by atoms with van der Waals surface area (Å²) in [6, 6.07) is 0. The lowest BCUT2D eigenvalue weighted by Crippen LogP contribution is -2.39. The maximum atomic E-state index is 12.2. The van der Waals surface area contributed by atoms with Gasteiger partial charge in [-0.15, -0.1) is 12.4 Å². The number of hydrogen-bond acceptors (Lipinski definition) is 3. The van der Waals surface area contributed by atoms with Gasteiger partial charge in [0.05, 0.1) is 12.7 Å². The molecule has 2 rings (SSSR count). The monoisotopic (exact) mass is 346 g/mol. The van der Waals surface area contributed by atoms with Crippen LogP contribution in [0, 0.1) is 5.41 Å². The molecule has 0 spiro atoms. The molecule has 1 amide bonds. The topological polar surface area (TPSA) is 64.4 Å². The minimum atomic E-state index is 0. The molecule has 2 aliphatic rings. The van der Waals surface area contributed by atoms with Gasteiger partial charge in [0.15, 0.2) is 0 Å². The minimum absolute atomic E-state index is 0. The highest BCUT2D eigenvalue weighted by Gasteiger charge is 2.32. The lowest BCUT2D eigenvalue weighted by Gasteiger charge is -2.35. The lowest BCUT2D eigenvalue weighted by atomic mass is 9.72. The lowest BCUT2D eigenvalue weighted by molar-refractivity contribution is -0.124. The highest BCUT2D eigenvalue weighted by molar-refractivity contribution is 5.85. The van der Waals surface area contributed by atoms with Gasteiger partial charge in [-0.25, -0.2) is 0 Å². The average molecular weight is 347 g/mol. The molecule has 3 N–H and O–H groups in total. The molecule has 0 saturated heterocycles. The third kappa shape index (κ3) is 7.40. The van der Waals surface area contributed by atoms with Crippen LogP contribution in [0.25, 0.3) is 0 Å². The van der Waals surface area contributed by atoms with Crippen molar-refractivity contribution < 1.29 is 9.53 Å². The molecule has 4 nitrogen and oxygen atoms in total. The van der Waals surface area contributed by atoms with Gasteiger partial charge < -0.3 is 15.8 Å². The second-order valence-electron chi connectivity index (χ2n) is 7.28. The van der Waals surface area contributed by atoms with E-state index >= 15 is 0 Å². The second-order valence-corrected chi connectivity index (χ2v) is 7.28. The van der Waals surface area contributed by atoms with Crippen LogP contribution in [0.2, 0.25) is 0 Å². The van der Waals surface area contributed by atoms with Crippen molar-refractivity contribution in [2.45, 2.75) is 83.2 Å². The van der Waals surface area contributed by atoms with E-state index in [0.717, 1.165) is 12.8 Å². The molecule has 2 saturated carbocycles. The summed E-state index contributed by atoms with van der Waals surface area (Å²) in [4.78, 5) is 12.2. The molecular weight excluding hydrogens is 312 g/mol. The first kappa shape index (κ1) is 20.7. The summed E-state index contributed by atoms with van der Waals surface area (Å²) in [5.41, 5.74) is 6.01. The third-order valence-electron chi connectivity index (χ3n) is 5.46. The van der Waals surface area contributed by atoms with Gasteiger partial charge in [0.25, 0.3) is 0 Å². The minimum Gasteiger partial charge on any atom is -0.376 e. The quantitative estimate of drug-likeness (QED) is 0.547. The molecule has 0 aromatic heterocycles. The molecule has 0 aliphatic heterocycles. The van der Waals surface area contributed by atoms with Gasteiger partial charge in [-0.2, -0.15) is 0 Å². The number of amides is 1. The van der Waals surface area contributed by atoms with Crippen LogP contribution in [0.15, 0.2) is 0 Å². The molecule has 23 heavy (non-hydrogen) atoms. The zero-order valence-electron chi connectivity index (χ0n) is 14.5. The molecule has 0 radical (unpaired) electrons. The van der Waals surface area contributed by atoms with Crippen LogP contribution in [-0.2, 0) is 9.53 Å². The van der Waals surface area contributed by atoms with Crippen LogP contribution in [0.3, 0.4) is 0 Å². The van der Waals surface area contributed by atoms with E-state index in [2.05, 4.69) is 5.32 Å². The predicted molar refractivity (Wildman–Crippen MR) is 96.9 cm³/mol. The first-order chi connectivity index (χ1) is 10.7. The first-order valence-electron chi connectivity index (χ1n) is 9.32. The van der Waals surface area contributed by atoms with Crippen LogP contribution in [0.1, 0.15) is 77.0 Å². The van der Waals surface area contributed by atoms with Crippen LogP contribution >= 0.6 is 12.4 Å². The first-order valence-corrected chi connectivity index (χ1v) is 9.32. The molecule has 0 heterocycles. The Morgan fingerprint density at radius 2 is 1.65 bits per heavy atom. The highest BCUT2D eigenvalue weighted by Crippen LogP contribution is 2.38. The summed E-state index contributed by atoms with van der Waals surface area (Å²) in [7, 11) is 0. The van der Waals surface area contributed by atoms with Gasteiger partial charge in [0, 0.05) is 13.0 Å². The standard InChI is InChI=1S/C18H34N2O2.ClH/c19-15-18(10-6-3-7-11-18)14-17(21)20-12-13-22-16-8-4-1-2-5-9-16;/h16H,1-15,19H2,(H,20,21);1H. The number of carbonyl (C=O) groups is 1. The fourth-order valence-electron chi connectivity index (χ4n) is 3.98. The number of nitrogens with one attached hydrogen (secondary N) is 1. The smallest absolute Gasteiger partial charge is 0.220 e. The summed E-state index contributed by atoms with van der Waals surface area (Å²) in [5.74, 6) is 0.150. The van der Waals surface area contributed by atoms with Crippen molar-refractivity contribution in [3.8, 4) is 0 Å². The summed E-state index contributed by atoms with van der Waals surface area (Å²) in [6.07, 6.45) is 14.6. The number of ether oxygens (including phenoxy) is 1. The van der Waals surface area contributed by atoms with Crippen molar-refractivity contribution in [1.82, 2.24) is 5.32 Å². The Morgan fingerprint density at radius 1 is 1.04 bits per heavy atom. The fourth-order valence-corrected chi connectivity index (χ4v) is 3.98. The molecule has 136 valence electrons. The number of carbonyl (C=O) groups excluding carboxylic acids is 1. The zero-order chi connectivity index (χ0) is 15.7. The summed E-state index contributed by atoms with van der Waals surface area (Å²) in [6.45, 7) is 1.92. The molecule has 0 bridgehead atoms. The van der Waals surface area contributed by atoms with E-state index in [1.54, 1.807) is 0 Å². The van der Waals surface area contributed by atoms with Gasteiger partial charge in [-0.3, -0.25) is 4.79 Å². The maximum absolute atomic E-state index is 12.2. The molecule has 2 fully saturated rings. The molecule has 0 atom stereocenters. The third-order valence-corrected chi connectivity index (χ3v) is 5.46. The Morgan fingerprint density at radius 3 is 2.26 bits per heavy atom. The van der Waals surface area contributed by atoms with Crippen molar-refractivity contribution in [2.24, 2.45) is 11.1 Å². The van der Waals surface area contributed by atoms with E-state index < -0.39 is 0 Å². The Labute approximate surface area is 147 Å². The van der Waals surface area contributed by atoms with Crippen molar-refractivity contribution in [1.29, 1.82) is 0 Å². The largest absolute Gasteiger partial charge is 0.376 e. The Kier molecular flexibility index (Phi) is 10.2. The molecular formula is C18H35ClN2O2. The van der Waals surface area contributed by atoms with Crippen molar-refractivity contribution >= 4 is 18.3 Å². The Bertz CT molecular complexity index is 325. The van der Waals surface area contributed by atoms with Crippen LogP contribution in [0.4, 0.5) is 0 Å². The van der Waals surface area contributed by atoms with E-state index in [1.807, 2.05) is 0 Å². The molecule has 0 aromatic rings. The summed E-state index contributed by atoms with van der Waals surface area (Å²) in [5, 5.41) is 3.02. The molecule has 2 aliphatic carbocycles. The summed E-state index contributed by atoms with van der Waals surface area (Å²) < 4.78 is 5.92. The van der Waals surface area contributed by atoms with Crippen LogP contribution in [-0.4, -0.2) is 31.7 Å². The SMILES string of the molecule is Cl.NCC1(CC(=O)NCCOC2CCCCCC2)CCCCC1. The summed E-state index contributed by atoms with van der Waals surface area (Å²) >= 11 is 0. The predicted octanol–water partition coefficient (Wildman–Crippen LogP) is 3.56. The molecule has 5 heteroatoms. The van der Waals surface area contributed by atoms with Gasteiger partial charge in [-0.1, -0.05) is 44.9 Å².